The number of rotatable bonds is 11. The molecular weight excluding hydrogens is 516 g/mol. The van der Waals surface area contributed by atoms with Gasteiger partial charge in [-0.25, -0.2) is 0 Å². The third kappa shape index (κ3) is 6.96. The van der Waals surface area contributed by atoms with E-state index in [4.69, 9.17) is 21.1 Å². The number of hydrogen-bond acceptors (Lipinski definition) is 7. The standard InChI is InChI=1S/C26H25ClN4O3S2/c1-3-33-21-11-13-22(14-12-21)34-16-24-29-30-26(31(24)20-9-7-18(27)8-10-20)36-17-25(32)28-19-5-4-6-23(15-19)35-2/h4-15H,3,16-17H2,1-2H3,(H,28,32). The van der Waals surface area contributed by atoms with Crippen LogP contribution < -0.4 is 14.8 Å². The first-order chi connectivity index (χ1) is 17.6. The van der Waals surface area contributed by atoms with E-state index in [1.807, 2.05) is 78.4 Å². The third-order valence-corrected chi connectivity index (χ3v) is 6.88. The van der Waals surface area contributed by atoms with E-state index in [-0.39, 0.29) is 18.3 Å². The van der Waals surface area contributed by atoms with Crippen LogP contribution in [0.15, 0.2) is 82.8 Å². The summed E-state index contributed by atoms with van der Waals surface area (Å²) in [6.07, 6.45) is 2.00. The van der Waals surface area contributed by atoms with Crippen molar-refractivity contribution in [3.63, 3.8) is 0 Å². The highest BCUT2D eigenvalue weighted by Gasteiger charge is 2.17. The van der Waals surface area contributed by atoms with Crippen LogP contribution in [0.1, 0.15) is 12.7 Å². The zero-order chi connectivity index (χ0) is 25.3. The van der Waals surface area contributed by atoms with Gasteiger partial charge in [0.1, 0.15) is 18.1 Å². The van der Waals surface area contributed by atoms with Crippen LogP contribution in [0.4, 0.5) is 5.69 Å². The molecule has 1 heterocycles. The zero-order valence-electron chi connectivity index (χ0n) is 19.8. The van der Waals surface area contributed by atoms with Crippen molar-refractivity contribution >= 4 is 46.7 Å². The fourth-order valence-electron chi connectivity index (χ4n) is 3.31. The number of benzene rings is 3. The Balaban J connectivity index is 1.48. The normalized spacial score (nSPS) is 10.8. The van der Waals surface area contributed by atoms with Crippen molar-refractivity contribution in [1.29, 1.82) is 0 Å². The highest BCUT2D eigenvalue weighted by molar-refractivity contribution is 7.99. The summed E-state index contributed by atoms with van der Waals surface area (Å²) < 4.78 is 13.3. The molecule has 7 nitrogen and oxygen atoms in total. The molecule has 0 aliphatic carbocycles. The summed E-state index contributed by atoms with van der Waals surface area (Å²) in [5, 5.41) is 12.8. The van der Waals surface area contributed by atoms with Gasteiger partial charge in [-0.3, -0.25) is 9.36 Å². The van der Waals surface area contributed by atoms with Gasteiger partial charge in [0.25, 0.3) is 0 Å². The van der Waals surface area contributed by atoms with Gasteiger partial charge in [-0.1, -0.05) is 29.4 Å². The molecule has 0 unspecified atom stereocenters. The van der Waals surface area contributed by atoms with Crippen LogP contribution in [-0.4, -0.2) is 39.3 Å². The van der Waals surface area contributed by atoms with Gasteiger partial charge < -0.3 is 14.8 Å². The number of nitrogens with zero attached hydrogens (tertiary/aromatic N) is 3. The number of ether oxygens (including phenoxy) is 2. The summed E-state index contributed by atoms with van der Waals surface area (Å²) in [6, 6.07) is 22.5. The molecule has 36 heavy (non-hydrogen) atoms. The van der Waals surface area contributed by atoms with Gasteiger partial charge >= 0.3 is 0 Å². The van der Waals surface area contributed by atoms with Crippen LogP contribution >= 0.6 is 35.1 Å². The molecule has 4 rings (SSSR count). The number of carbonyl (C=O) groups excluding carboxylic acids is 1. The SMILES string of the molecule is CCOc1ccc(OCc2nnc(SCC(=O)Nc3cccc(SC)c3)n2-c2ccc(Cl)cc2)cc1. The van der Waals surface area contributed by atoms with Crippen molar-refractivity contribution in [2.75, 3.05) is 23.9 Å². The fourth-order valence-corrected chi connectivity index (χ4v) is 4.67. The lowest BCUT2D eigenvalue weighted by atomic mass is 10.3. The first kappa shape index (κ1) is 25.9. The summed E-state index contributed by atoms with van der Waals surface area (Å²) in [6.45, 7) is 2.74. The highest BCUT2D eigenvalue weighted by Crippen LogP contribution is 2.26. The van der Waals surface area contributed by atoms with Crippen molar-refractivity contribution in [2.24, 2.45) is 0 Å². The van der Waals surface area contributed by atoms with E-state index < -0.39 is 0 Å². The molecule has 3 aromatic carbocycles. The van der Waals surface area contributed by atoms with Crippen LogP contribution in [0.5, 0.6) is 11.5 Å². The van der Waals surface area contributed by atoms with Gasteiger partial charge in [-0.05, 0) is 79.9 Å². The maximum absolute atomic E-state index is 12.6. The Bertz CT molecular complexity index is 1300. The first-order valence-electron chi connectivity index (χ1n) is 11.2. The number of carbonyl (C=O) groups is 1. The van der Waals surface area contributed by atoms with Crippen molar-refractivity contribution in [2.45, 2.75) is 23.6 Å². The van der Waals surface area contributed by atoms with Crippen LogP contribution in [0.2, 0.25) is 5.02 Å². The van der Waals surface area contributed by atoms with Crippen LogP contribution in [-0.2, 0) is 11.4 Å². The monoisotopic (exact) mass is 540 g/mol. The molecule has 1 aromatic heterocycles. The Hall–Kier alpha value is -3.14. The topological polar surface area (TPSA) is 78.3 Å². The molecule has 10 heteroatoms. The van der Waals surface area contributed by atoms with E-state index >= 15 is 0 Å². The number of amides is 1. The third-order valence-electron chi connectivity index (χ3n) is 4.97. The molecule has 0 aliphatic heterocycles. The van der Waals surface area contributed by atoms with Gasteiger partial charge in [0, 0.05) is 21.3 Å². The lowest BCUT2D eigenvalue weighted by Gasteiger charge is -2.12. The fraction of sp³-hybridized carbons (Fsp3) is 0.192. The van der Waals surface area contributed by atoms with Gasteiger partial charge in [0.05, 0.1) is 12.4 Å². The number of nitrogens with one attached hydrogen (secondary N) is 1. The minimum absolute atomic E-state index is 0.129. The predicted octanol–water partition coefficient (Wildman–Crippen LogP) is 6.35. The lowest BCUT2D eigenvalue weighted by molar-refractivity contribution is -0.113. The molecular formula is C26H25ClN4O3S2. The van der Waals surface area contributed by atoms with E-state index in [0.29, 0.717) is 28.4 Å². The molecule has 1 amide bonds. The molecule has 0 radical (unpaired) electrons. The Kier molecular flexibility index (Phi) is 9.16. The first-order valence-corrected chi connectivity index (χ1v) is 13.8. The average molecular weight is 541 g/mol. The summed E-state index contributed by atoms with van der Waals surface area (Å²) in [5.74, 6) is 2.11. The number of halogens is 1. The number of anilines is 1. The van der Waals surface area contributed by atoms with E-state index in [1.54, 1.807) is 23.9 Å². The molecule has 0 spiro atoms. The van der Waals surface area contributed by atoms with Crippen molar-refractivity contribution in [1.82, 2.24) is 14.8 Å². The summed E-state index contributed by atoms with van der Waals surface area (Å²) >= 11 is 9.02. The van der Waals surface area contributed by atoms with Gasteiger partial charge in [-0.15, -0.1) is 22.0 Å². The molecule has 1 N–H and O–H groups in total. The minimum atomic E-state index is -0.129. The average Bonchev–Trinajstić information content (AvgIpc) is 3.30. The molecule has 0 fully saturated rings. The molecule has 0 aliphatic rings. The Morgan fingerprint density at radius 3 is 2.42 bits per heavy atom. The number of aromatic nitrogens is 3. The molecule has 4 aromatic rings. The largest absolute Gasteiger partial charge is 0.494 e. The molecule has 0 saturated carbocycles. The maximum Gasteiger partial charge on any atom is 0.234 e. The maximum atomic E-state index is 12.6. The summed E-state index contributed by atoms with van der Waals surface area (Å²) in [5.41, 5.74) is 1.58. The van der Waals surface area contributed by atoms with Gasteiger partial charge in [0.15, 0.2) is 11.0 Å². The van der Waals surface area contributed by atoms with Crippen LogP contribution in [0.3, 0.4) is 0 Å². The Morgan fingerprint density at radius 1 is 1.00 bits per heavy atom. The zero-order valence-corrected chi connectivity index (χ0v) is 22.2. The Morgan fingerprint density at radius 2 is 1.72 bits per heavy atom. The van der Waals surface area contributed by atoms with Crippen LogP contribution in [0, 0.1) is 0 Å². The van der Waals surface area contributed by atoms with Gasteiger partial charge in [-0.2, -0.15) is 0 Å². The molecule has 0 bridgehead atoms. The molecule has 186 valence electrons. The summed E-state index contributed by atoms with van der Waals surface area (Å²) in [7, 11) is 0. The number of thioether (sulfide) groups is 2. The van der Waals surface area contributed by atoms with Crippen molar-refractivity contribution in [3.05, 3.63) is 83.6 Å². The quantitative estimate of drug-likeness (QED) is 0.222. The number of hydrogen-bond donors (Lipinski definition) is 1. The smallest absolute Gasteiger partial charge is 0.234 e. The molecule has 0 saturated heterocycles. The molecule has 0 atom stereocenters. The second-order valence-electron chi connectivity index (χ2n) is 7.47. The van der Waals surface area contributed by atoms with E-state index in [1.165, 1.54) is 11.8 Å². The van der Waals surface area contributed by atoms with Crippen molar-refractivity contribution in [3.8, 4) is 17.2 Å². The Labute approximate surface area is 223 Å². The van der Waals surface area contributed by atoms with Crippen LogP contribution in [0.25, 0.3) is 5.69 Å². The van der Waals surface area contributed by atoms with Crippen molar-refractivity contribution < 1.29 is 14.3 Å². The highest BCUT2D eigenvalue weighted by atomic mass is 35.5. The van der Waals surface area contributed by atoms with E-state index in [0.717, 1.165) is 22.0 Å². The summed E-state index contributed by atoms with van der Waals surface area (Å²) in [4.78, 5) is 13.7. The minimum Gasteiger partial charge on any atom is -0.494 e. The second-order valence-corrected chi connectivity index (χ2v) is 9.73. The van der Waals surface area contributed by atoms with Gasteiger partial charge in [0.2, 0.25) is 5.91 Å². The van der Waals surface area contributed by atoms with E-state index in [2.05, 4.69) is 15.5 Å². The predicted molar refractivity (Wildman–Crippen MR) is 146 cm³/mol. The second kappa shape index (κ2) is 12.7. The van der Waals surface area contributed by atoms with E-state index in [9.17, 15) is 4.79 Å². The lowest BCUT2D eigenvalue weighted by Crippen LogP contribution is -2.14.